The van der Waals surface area contributed by atoms with Crippen LogP contribution in [0.5, 0.6) is 0 Å². The van der Waals surface area contributed by atoms with Crippen LogP contribution in [0, 0.1) is 5.92 Å². The second-order valence-corrected chi connectivity index (χ2v) is 41.4. The van der Waals surface area contributed by atoms with E-state index in [-0.39, 0.29) is 24.8 Å². The molecule has 2 atom stereocenters. The van der Waals surface area contributed by atoms with Crippen molar-refractivity contribution in [1.82, 2.24) is 0 Å². The summed E-state index contributed by atoms with van der Waals surface area (Å²) in [6, 6.07) is 0. The van der Waals surface area contributed by atoms with Crippen molar-refractivity contribution in [2.45, 2.75) is 83.0 Å². The largest absolute Gasteiger partial charge is 0.147 e. The zero-order chi connectivity index (χ0) is 20.5. The molecule has 0 fully saturated rings. The van der Waals surface area contributed by atoms with Crippen LogP contribution in [0.2, 0.25) is 55.3 Å². The summed E-state index contributed by atoms with van der Waals surface area (Å²) in [5.41, 5.74) is 5.55. The first-order valence-corrected chi connectivity index (χ1v) is 26.1. The van der Waals surface area contributed by atoms with E-state index in [1.165, 1.54) is 0 Å². The van der Waals surface area contributed by atoms with Crippen LogP contribution in [0.25, 0.3) is 0 Å². The summed E-state index contributed by atoms with van der Waals surface area (Å²) in [5, 5.41) is 7.16. The molecule has 2 aliphatic rings. The maximum absolute atomic E-state index is 2.95. The number of hydrogen-bond acceptors (Lipinski definition) is 0. The van der Waals surface area contributed by atoms with Gasteiger partial charge in [-0.2, -0.15) is 0 Å². The van der Waals surface area contributed by atoms with Crippen LogP contribution in [0.4, 0.5) is 0 Å². The summed E-state index contributed by atoms with van der Waals surface area (Å²) in [6.07, 6.45) is 5.47. The Morgan fingerprint density at radius 2 is 1.36 bits per heavy atom. The van der Waals surface area contributed by atoms with Crippen LogP contribution in [-0.2, 0) is 14.0 Å². The zero-order valence-electron chi connectivity index (χ0n) is 20.3. The summed E-state index contributed by atoms with van der Waals surface area (Å²) >= 11 is -2.95. The zero-order valence-corrected chi connectivity index (χ0v) is 26.9. The van der Waals surface area contributed by atoms with E-state index >= 15 is 0 Å². The predicted octanol–water partition coefficient (Wildman–Crippen LogP) is 7.83. The molecule has 0 aromatic rings. The number of hydrogen-bond donors (Lipinski definition) is 0. The van der Waals surface area contributed by atoms with Crippen molar-refractivity contribution in [3.05, 3.63) is 41.8 Å². The summed E-state index contributed by atoms with van der Waals surface area (Å²) in [6.45, 7) is 24.9. The molecule has 0 aromatic carbocycles. The molecule has 2 rings (SSSR count). The molecule has 162 valence electrons. The SMILES string of the molecule is CC1=C(C)C(C)[C]([Ti]([CH3])([CH3])(=[SiH2])[C]2=CC([Si](C)(C)C)=CC2[Si](C)(C)C)=C1C.Cl.Cl. The monoisotopic (exact) mass is 510 g/mol. The minimum Gasteiger partial charge on any atom is -0.147 e. The maximum Gasteiger partial charge on any atom is -0.147 e. The molecule has 2 unspecified atom stereocenters. The van der Waals surface area contributed by atoms with Gasteiger partial charge in [0.2, 0.25) is 0 Å². The van der Waals surface area contributed by atoms with Gasteiger partial charge in [0.25, 0.3) is 0 Å². The van der Waals surface area contributed by atoms with E-state index in [0.29, 0.717) is 5.92 Å². The second kappa shape index (κ2) is 8.45. The van der Waals surface area contributed by atoms with Gasteiger partial charge in [0.15, 0.2) is 0 Å². The molecular formula is C22H44Cl2Si3Ti. The standard InChI is InChI=1S/C11H21Si2.C9H13.2CH3.2ClH.H2Si.Ti/c1-12(2,3)10-7-8-11(9-10)13(4,5)6;1-6-5-7(2)9(4)8(6)3;;;;;;/h7,9,11H,1-6H3;6H,1-4H3;2*1H3;2*1H;1H2;. The Kier molecular flexibility index (Phi) is 8.72. The van der Waals surface area contributed by atoms with Crippen molar-refractivity contribution in [3.8, 4) is 0 Å². The Morgan fingerprint density at radius 1 is 0.893 bits per heavy atom. The van der Waals surface area contributed by atoms with Crippen LogP contribution < -0.4 is 0 Å². The summed E-state index contributed by atoms with van der Waals surface area (Å²) < 4.78 is 3.75. The van der Waals surface area contributed by atoms with Gasteiger partial charge in [-0.15, -0.1) is 24.8 Å². The van der Waals surface area contributed by atoms with Gasteiger partial charge in [-0.1, -0.05) is 0 Å². The molecule has 0 bridgehead atoms. The minimum absolute atomic E-state index is 0. The van der Waals surface area contributed by atoms with Crippen molar-refractivity contribution in [1.29, 1.82) is 0 Å². The van der Waals surface area contributed by atoms with Crippen LogP contribution in [0.1, 0.15) is 27.7 Å². The van der Waals surface area contributed by atoms with Gasteiger partial charge in [0.05, 0.1) is 0 Å². The number of halogens is 2. The molecule has 0 aliphatic heterocycles. The van der Waals surface area contributed by atoms with E-state index in [4.69, 9.17) is 0 Å². The van der Waals surface area contributed by atoms with Gasteiger partial charge in [0, 0.05) is 0 Å². The molecule has 0 amide bonds. The van der Waals surface area contributed by atoms with E-state index < -0.39 is 30.2 Å². The normalized spacial score (nSPS) is 24.0. The first kappa shape index (κ1) is 28.9. The molecular weight excluding hydrogens is 467 g/mol. The average molecular weight is 512 g/mol. The Labute approximate surface area is 192 Å². The smallest absolute Gasteiger partial charge is 0.147 e. The molecule has 2 aliphatic carbocycles. The predicted molar refractivity (Wildman–Crippen MR) is 142 cm³/mol. The van der Waals surface area contributed by atoms with Crippen LogP contribution >= 0.6 is 24.8 Å². The van der Waals surface area contributed by atoms with Gasteiger partial charge in [-0.3, -0.25) is 0 Å². The third kappa shape index (κ3) is 4.87. The van der Waals surface area contributed by atoms with Crippen molar-refractivity contribution >= 4 is 48.6 Å². The summed E-state index contributed by atoms with van der Waals surface area (Å²) in [4.78, 5) is 0. The van der Waals surface area contributed by atoms with Gasteiger partial charge in [-0.05, 0) is 0 Å². The van der Waals surface area contributed by atoms with E-state index in [9.17, 15) is 0 Å². The molecule has 0 saturated carbocycles. The maximum atomic E-state index is 2.74. The van der Waals surface area contributed by atoms with Crippen molar-refractivity contribution in [2.75, 3.05) is 0 Å². The topological polar surface area (TPSA) is 0 Å². The van der Waals surface area contributed by atoms with E-state index in [0.717, 1.165) is 5.54 Å². The molecule has 0 spiro atoms. The first-order valence-electron chi connectivity index (χ1n) is 10.3. The van der Waals surface area contributed by atoms with Crippen LogP contribution in [0.3, 0.4) is 0 Å². The molecule has 28 heavy (non-hydrogen) atoms. The fourth-order valence-electron chi connectivity index (χ4n) is 5.30. The number of allylic oxidation sites excluding steroid dienone is 8. The Bertz CT molecular complexity index is 840. The number of rotatable bonds is 4. The second-order valence-electron chi connectivity index (χ2n) is 12.1. The molecule has 0 saturated heterocycles. The van der Waals surface area contributed by atoms with Crippen molar-refractivity contribution < 1.29 is 14.0 Å². The average Bonchev–Trinajstić information content (AvgIpc) is 2.97. The van der Waals surface area contributed by atoms with E-state index in [1.54, 1.807) is 21.9 Å². The Morgan fingerprint density at radius 3 is 1.68 bits per heavy atom. The van der Waals surface area contributed by atoms with Gasteiger partial charge < -0.3 is 0 Å². The third-order valence-corrected chi connectivity index (χ3v) is 22.9. The van der Waals surface area contributed by atoms with Crippen molar-refractivity contribution in [3.63, 3.8) is 0 Å². The van der Waals surface area contributed by atoms with Crippen LogP contribution in [-0.4, -0.2) is 23.8 Å². The summed E-state index contributed by atoms with van der Waals surface area (Å²) in [5.74, 6) is 0.638. The molecule has 0 nitrogen and oxygen atoms in total. The van der Waals surface area contributed by atoms with Gasteiger partial charge in [0.1, 0.15) is 0 Å². The van der Waals surface area contributed by atoms with Crippen molar-refractivity contribution in [2.24, 2.45) is 5.92 Å². The van der Waals surface area contributed by atoms with E-state index in [1.807, 2.05) is 7.76 Å². The molecule has 0 heterocycles. The first-order chi connectivity index (χ1) is 11.4. The fraction of sp³-hybridized carbons (Fsp3) is 0.636. The molecule has 0 radical (unpaired) electrons. The minimum atomic E-state index is -2.95. The Balaban J connectivity index is 0.00000364. The third-order valence-electron chi connectivity index (χ3n) is 7.22. The molecule has 0 aromatic heterocycles. The molecule has 6 heteroatoms. The summed E-state index contributed by atoms with van der Waals surface area (Å²) in [7, 11) is -0.150. The Hall–Kier alpha value is 0.905. The van der Waals surface area contributed by atoms with E-state index in [2.05, 4.69) is 97.2 Å². The fourth-order valence-corrected chi connectivity index (χ4v) is 24.9. The van der Waals surface area contributed by atoms with Gasteiger partial charge >= 0.3 is 169 Å². The molecule has 0 N–H and O–H groups in total. The van der Waals surface area contributed by atoms with Crippen LogP contribution in [0.15, 0.2) is 41.8 Å². The van der Waals surface area contributed by atoms with Gasteiger partial charge in [-0.25, -0.2) is 0 Å². The quantitative estimate of drug-likeness (QED) is 0.338.